The number of rotatable bonds is 5. The average molecular weight is 331 g/mol. The van der Waals surface area contributed by atoms with Gasteiger partial charge in [0.15, 0.2) is 5.82 Å². The Morgan fingerprint density at radius 3 is 2.79 bits per heavy atom. The van der Waals surface area contributed by atoms with E-state index in [0.717, 1.165) is 42.7 Å². The van der Waals surface area contributed by atoms with Gasteiger partial charge in [0, 0.05) is 19.0 Å². The summed E-state index contributed by atoms with van der Waals surface area (Å²) in [6.45, 7) is 5.22. The van der Waals surface area contributed by atoms with Crippen LogP contribution in [-0.2, 0) is 7.05 Å². The lowest BCUT2D eigenvalue weighted by molar-refractivity contribution is 0.156. The molecule has 1 saturated carbocycles. The molecule has 1 aliphatic carbocycles. The fraction of sp³-hybridized carbons (Fsp3) is 0.706. The van der Waals surface area contributed by atoms with Gasteiger partial charge in [0.25, 0.3) is 0 Å². The number of aryl methyl sites for hydroxylation is 2. The van der Waals surface area contributed by atoms with Crippen molar-refractivity contribution in [2.45, 2.75) is 57.5 Å². The molecule has 7 nitrogen and oxygen atoms in total. The van der Waals surface area contributed by atoms with Gasteiger partial charge in [0.05, 0.1) is 24.4 Å². The molecule has 3 heterocycles. The molecule has 1 aliphatic heterocycles. The molecule has 2 aromatic heterocycles. The highest BCUT2D eigenvalue weighted by atomic mass is 16.5. The van der Waals surface area contributed by atoms with E-state index < -0.39 is 0 Å². The average Bonchev–Trinajstić information content (AvgIpc) is 3.00. The van der Waals surface area contributed by atoms with Gasteiger partial charge in [-0.25, -0.2) is 4.68 Å². The summed E-state index contributed by atoms with van der Waals surface area (Å²) >= 11 is 0. The lowest BCUT2D eigenvalue weighted by atomic mass is 10.0. The first-order valence-corrected chi connectivity index (χ1v) is 8.77. The van der Waals surface area contributed by atoms with Gasteiger partial charge in [-0.15, -0.1) is 0 Å². The van der Waals surface area contributed by atoms with Crippen molar-refractivity contribution in [3.8, 4) is 5.88 Å². The Hall–Kier alpha value is -1.89. The van der Waals surface area contributed by atoms with Crippen LogP contribution in [0.2, 0.25) is 0 Å². The Morgan fingerprint density at radius 2 is 2.08 bits per heavy atom. The third-order valence-electron chi connectivity index (χ3n) is 5.29. The van der Waals surface area contributed by atoms with E-state index >= 15 is 0 Å². The van der Waals surface area contributed by atoms with Crippen LogP contribution in [0, 0.1) is 6.92 Å². The van der Waals surface area contributed by atoms with E-state index in [1.54, 1.807) is 7.11 Å². The molecule has 0 unspecified atom stereocenters. The van der Waals surface area contributed by atoms with E-state index in [1.165, 1.54) is 18.4 Å². The van der Waals surface area contributed by atoms with E-state index in [2.05, 4.69) is 34.0 Å². The first-order valence-electron chi connectivity index (χ1n) is 8.77. The fourth-order valence-corrected chi connectivity index (χ4v) is 3.91. The van der Waals surface area contributed by atoms with Crippen molar-refractivity contribution in [2.24, 2.45) is 7.05 Å². The van der Waals surface area contributed by atoms with Crippen LogP contribution < -0.4 is 4.74 Å². The summed E-state index contributed by atoms with van der Waals surface area (Å²) in [5, 5.41) is 8.71. The summed E-state index contributed by atoms with van der Waals surface area (Å²) in [5.41, 5.74) is 2.22. The Kier molecular flexibility index (Phi) is 3.83. The maximum absolute atomic E-state index is 5.61. The van der Waals surface area contributed by atoms with Gasteiger partial charge in [-0.1, -0.05) is 5.16 Å². The monoisotopic (exact) mass is 331 g/mol. The van der Waals surface area contributed by atoms with Crippen LogP contribution in [0.15, 0.2) is 4.52 Å². The first kappa shape index (κ1) is 15.6. The molecule has 2 aromatic rings. The number of nitrogens with zero attached hydrogens (tertiary/aromatic N) is 5. The summed E-state index contributed by atoms with van der Waals surface area (Å²) in [6, 6.07) is 0.377. The molecule has 0 N–H and O–H groups in total. The highest BCUT2D eigenvalue weighted by molar-refractivity contribution is 5.35. The van der Waals surface area contributed by atoms with Gasteiger partial charge in [-0.2, -0.15) is 10.1 Å². The maximum atomic E-state index is 5.61. The van der Waals surface area contributed by atoms with E-state index in [1.807, 2.05) is 11.7 Å². The second kappa shape index (κ2) is 5.88. The predicted octanol–water partition coefficient (Wildman–Crippen LogP) is 2.90. The molecule has 0 aromatic carbocycles. The van der Waals surface area contributed by atoms with Gasteiger partial charge in [0.2, 0.25) is 11.8 Å². The normalized spacial score (nSPS) is 22.9. The van der Waals surface area contributed by atoms with E-state index in [0.29, 0.717) is 5.92 Å². The summed E-state index contributed by atoms with van der Waals surface area (Å²) in [6.07, 6.45) is 4.62. The van der Waals surface area contributed by atoms with E-state index in [-0.39, 0.29) is 12.1 Å². The highest BCUT2D eigenvalue weighted by Crippen LogP contribution is 2.43. The van der Waals surface area contributed by atoms with Crippen molar-refractivity contribution in [1.29, 1.82) is 0 Å². The quantitative estimate of drug-likeness (QED) is 0.839. The summed E-state index contributed by atoms with van der Waals surface area (Å²) in [5.74, 6) is 2.97. The topological polar surface area (TPSA) is 69.2 Å². The SMILES string of the molecule is COc1c([C@H]2CCCN2[C@H](C)c2nc(C3CC3)no2)c(C)nn1C. The van der Waals surface area contributed by atoms with Gasteiger partial charge >= 0.3 is 0 Å². The van der Waals surface area contributed by atoms with Gasteiger partial charge in [0.1, 0.15) is 0 Å². The molecule has 0 radical (unpaired) electrons. The van der Waals surface area contributed by atoms with E-state index in [4.69, 9.17) is 9.26 Å². The third kappa shape index (κ3) is 2.51. The minimum atomic E-state index is 0.0989. The first-order chi connectivity index (χ1) is 11.6. The van der Waals surface area contributed by atoms with Crippen LogP contribution in [0.25, 0.3) is 0 Å². The van der Waals surface area contributed by atoms with Crippen LogP contribution in [-0.4, -0.2) is 38.5 Å². The molecule has 0 bridgehead atoms. The number of hydrogen-bond donors (Lipinski definition) is 0. The van der Waals surface area contributed by atoms with Crippen molar-refractivity contribution < 1.29 is 9.26 Å². The van der Waals surface area contributed by atoms with Crippen molar-refractivity contribution >= 4 is 0 Å². The van der Waals surface area contributed by atoms with Crippen LogP contribution in [0.4, 0.5) is 0 Å². The molecule has 2 aliphatic rings. The van der Waals surface area contributed by atoms with Crippen molar-refractivity contribution in [3.05, 3.63) is 23.0 Å². The van der Waals surface area contributed by atoms with Crippen molar-refractivity contribution in [1.82, 2.24) is 24.8 Å². The van der Waals surface area contributed by atoms with E-state index in [9.17, 15) is 0 Å². The number of ether oxygens (including phenoxy) is 1. The van der Waals surface area contributed by atoms with Crippen molar-refractivity contribution in [3.63, 3.8) is 0 Å². The van der Waals surface area contributed by atoms with Crippen LogP contribution in [0.5, 0.6) is 5.88 Å². The predicted molar refractivity (Wildman–Crippen MR) is 87.9 cm³/mol. The fourth-order valence-electron chi connectivity index (χ4n) is 3.91. The zero-order valence-electron chi connectivity index (χ0n) is 14.8. The second-order valence-corrected chi connectivity index (χ2v) is 6.97. The standard InChI is InChI=1S/C17H25N5O2/c1-10-14(17(23-4)21(3)19-10)13-6-5-9-22(13)11(2)16-18-15(20-24-16)12-7-8-12/h11-13H,5-9H2,1-4H3/t11-,13-/m1/s1. The van der Waals surface area contributed by atoms with Crippen molar-refractivity contribution in [2.75, 3.05) is 13.7 Å². The lowest BCUT2D eigenvalue weighted by Gasteiger charge is -2.28. The molecule has 0 spiro atoms. The zero-order valence-corrected chi connectivity index (χ0v) is 14.8. The number of hydrogen-bond acceptors (Lipinski definition) is 6. The Balaban J connectivity index is 1.62. The molecule has 24 heavy (non-hydrogen) atoms. The molecule has 0 amide bonds. The Labute approximate surface area is 142 Å². The Bertz CT molecular complexity index is 733. The molecule has 1 saturated heterocycles. The molecule has 2 fully saturated rings. The molecule has 2 atom stereocenters. The van der Waals surface area contributed by atoms with Crippen LogP contribution in [0.1, 0.15) is 73.6 Å². The molecule has 4 rings (SSSR count). The molecular formula is C17H25N5O2. The summed E-state index contributed by atoms with van der Waals surface area (Å²) in [4.78, 5) is 7.08. The van der Waals surface area contributed by atoms with Gasteiger partial charge < -0.3 is 9.26 Å². The summed E-state index contributed by atoms with van der Waals surface area (Å²) in [7, 11) is 3.64. The smallest absolute Gasteiger partial charge is 0.243 e. The lowest BCUT2D eigenvalue weighted by Crippen LogP contribution is -2.27. The number of aromatic nitrogens is 4. The van der Waals surface area contributed by atoms with Gasteiger partial charge in [-0.05, 0) is 46.1 Å². The summed E-state index contributed by atoms with van der Waals surface area (Å²) < 4.78 is 13.0. The highest BCUT2D eigenvalue weighted by Gasteiger charge is 2.37. The zero-order chi connectivity index (χ0) is 16.8. The largest absolute Gasteiger partial charge is 0.481 e. The Morgan fingerprint density at radius 1 is 1.29 bits per heavy atom. The molecule has 130 valence electrons. The van der Waals surface area contributed by atoms with Gasteiger partial charge in [-0.3, -0.25) is 4.90 Å². The number of methoxy groups -OCH3 is 1. The number of likely N-dealkylation sites (tertiary alicyclic amines) is 1. The minimum absolute atomic E-state index is 0.0989. The molecular weight excluding hydrogens is 306 g/mol. The third-order valence-corrected chi connectivity index (χ3v) is 5.29. The molecule has 7 heteroatoms. The van der Waals surface area contributed by atoms with Crippen LogP contribution >= 0.6 is 0 Å². The minimum Gasteiger partial charge on any atom is -0.481 e. The maximum Gasteiger partial charge on any atom is 0.243 e. The second-order valence-electron chi connectivity index (χ2n) is 6.97. The van der Waals surface area contributed by atoms with Crippen LogP contribution in [0.3, 0.4) is 0 Å².